The Balaban J connectivity index is 2.31. The largest absolute Gasteiger partial charge is 0.147 e. The van der Waals surface area contributed by atoms with Crippen molar-refractivity contribution in [3.05, 3.63) is 32.8 Å². The highest BCUT2D eigenvalue weighted by Gasteiger charge is 2.12. The molecule has 1 aromatic heterocycles. The van der Waals surface area contributed by atoms with E-state index in [0.717, 1.165) is 22.0 Å². The highest BCUT2D eigenvalue weighted by atomic mass is 127. The molecule has 0 amide bonds. The molecule has 0 spiro atoms. The summed E-state index contributed by atoms with van der Waals surface area (Å²) < 4.78 is 1.22. The summed E-state index contributed by atoms with van der Waals surface area (Å²) in [6.45, 7) is 2.13. The van der Waals surface area contributed by atoms with Gasteiger partial charge in [-0.15, -0.1) is 10.2 Å². The van der Waals surface area contributed by atoms with E-state index in [4.69, 9.17) is 0 Å². The van der Waals surface area contributed by atoms with Crippen LogP contribution in [-0.2, 0) is 0 Å². The first-order valence-corrected chi connectivity index (χ1v) is 7.75. The van der Waals surface area contributed by atoms with E-state index in [0.29, 0.717) is 4.83 Å². The fraction of sp³-hybridized carbons (Fsp3) is 0.273. The van der Waals surface area contributed by atoms with E-state index in [2.05, 4.69) is 73.8 Å². The van der Waals surface area contributed by atoms with Crippen LogP contribution in [0, 0.1) is 3.57 Å². The Labute approximate surface area is 121 Å². The number of nitrogens with zero attached hydrogens (tertiary/aromatic N) is 2. The van der Waals surface area contributed by atoms with Gasteiger partial charge in [0.15, 0.2) is 0 Å². The lowest BCUT2D eigenvalue weighted by Crippen LogP contribution is -1.84. The zero-order chi connectivity index (χ0) is 11.5. The van der Waals surface area contributed by atoms with Crippen molar-refractivity contribution in [3.8, 4) is 10.6 Å². The van der Waals surface area contributed by atoms with Gasteiger partial charge in [-0.05, 0) is 41.1 Å². The van der Waals surface area contributed by atoms with Gasteiger partial charge in [0, 0.05) is 9.13 Å². The van der Waals surface area contributed by atoms with Gasteiger partial charge in [-0.25, -0.2) is 0 Å². The first-order chi connectivity index (χ1) is 7.70. The molecule has 0 aliphatic heterocycles. The molecule has 1 unspecified atom stereocenters. The first-order valence-electron chi connectivity index (χ1n) is 4.94. The second-order valence-electron chi connectivity index (χ2n) is 3.33. The SMILES string of the molecule is CCC(Br)c1nnc(-c2cccc(I)c2)s1. The Kier molecular flexibility index (Phi) is 4.32. The predicted octanol–water partition coefficient (Wildman–Crippen LogP) is 4.66. The van der Waals surface area contributed by atoms with E-state index < -0.39 is 0 Å². The number of alkyl halides is 1. The van der Waals surface area contributed by atoms with Crippen molar-refractivity contribution in [2.75, 3.05) is 0 Å². The van der Waals surface area contributed by atoms with Crippen molar-refractivity contribution >= 4 is 49.9 Å². The van der Waals surface area contributed by atoms with Crippen molar-refractivity contribution < 1.29 is 0 Å². The normalized spacial score (nSPS) is 12.7. The summed E-state index contributed by atoms with van der Waals surface area (Å²) in [4.78, 5) is 0.321. The van der Waals surface area contributed by atoms with E-state index in [1.807, 2.05) is 6.07 Å². The lowest BCUT2D eigenvalue weighted by atomic mass is 10.2. The second kappa shape index (κ2) is 5.55. The summed E-state index contributed by atoms with van der Waals surface area (Å²) in [5.41, 5.74) is 1.14. The van der Waals surface area contributed by atoms with Crippen LogP contribution in [0.4, 0.5) is 0 Å². The third-order valence-electron chi connectivity index (χ3n) is 2.14. The van der Waals surface area contributed by atoms with E-state index >= 15 is 0 Å². The molecule has 2 rings (SSSR count). The number of hydrogen-bond acceptors (Lipinski definition) is 3. The zero-order valence-electron chi connectivity index (χ0n) is 8.65. The van der Waals surface area contributed by atoms with Crippen molar-refractivity contribution in [2.24, 2.45) is 0 Å². The molecule has 0 fully saturated rings. The van der Waals surface area contributed by atoms with Crippen LogP contribution in [0.2, 0.25) is 0 Å². The average Bonchev–Trinajstić information content (AvgIpc) is 2.77. The predicted molar refractivity (Wildman–Crippen MR) is 80.0 cm³/mol. The molecule has 0 aliphatic rings. The maximum Gasteiger partial charge on any atom is 0.147 e. The molecule has 1 aromatic carbocycles. The standard InChI is InChI=1S/C11H10BrIN2S/c1-2-9(12)11-15-14-10(16-11)7-4-3-5-8(13)6-7/h3-6,9H,2H2,1H3. The lowest BCUT2D eigenvalue weighted by Gasteiger charge is -1.98. The Hall–Kier alpha value is -0.0100. The van der Waals surface area contributed by atoms with Crippen LogP contribution in [0.3, 0.4) is 0 Å². The van der Waals surface area contributed by atoms with Crippen LogP contribution < -0.4 is 0 Å². The van der Waals surface area contributed by atoms with Crippen molar-refractivity contribution in [3.63, 3.8) is 0 Å². The molecule has 5 heteroatoms. The van der Waals surface area contributed by atoms with Crippen LogP contribution in [0.25, 0.3) is 10.6 Å². The number of halogens is 2. The van der Waals surface area contributed by atoms with Gasteiger partial charge >= 0.3 is 0 Å². The van der Waals surface area contributed by atoms with Crippen LogP contribution in [0.1, 0.15) is 23.2 Å². The highest BCUT2D eigenvalue weighted by Crippen LogP contribution is 2.32. The summed E-state index contributed by atoms with van der Waals surface area (Å²) in [6, 6.07) is 8.32. The Bertz CT molecular complexity index is 486. The van der Waals surface area contributed by atoms with Crippen molar-refractivity contribution in [1.82, 2.24) is 10.2 Å². The van der Waals surface area contributed by atoms with Gasteiger partial charge < -0.3 is 0 Å². The molecule has 0 bridgehead atoms. The average molecular weight is 409 g/mol. The van der Waals surface area contributed by atoms with Gasteiger partial charge in [-0.2, -0.15) is 0 Å². The van der Waals surface area contributed by atoms with Gasteiger partial charge in [0.1, 0.15) is 10.0 Å². The molecule has 84 valence electrons. The van der Waals surface area contributed by atoms with Crippen LogP contribution in [-0.4, -0.2) is 10.2 Å². The van der Waals surface area contributed by atoms with E-state index in [-0.39, 0.29) is 0 Å². The lowest BCUT2D eigenvalue weighted by molar-refractivity contribution is 0.870. The fourth-order valence-electron chi connectivity index (χ4n) is 1.27. The molecular formula is C11H10BrIN2S. The second-order valence-corrected chi connectivity index (χ2v) is 6.69. The fourth-order valence-corrected chi connectivity index (χ4v) is 3.09. The molecular weight excluding hydrogens is 399 g/mol. The van der Waals surface area contributed by atoms with Crippen LogP contribution in [0.15, 0.2) is 24.3 Å². The van der Waals surface area contributed by atoms with Gasteiger partial charge in [-0.1, -0.05) is 46.3 Å². The minimum absolute atomic E-state index is 0.321. The maximum atomic E-state index is 4.23. The quantitative estimate of drug-likeness (QED) is 0.545. The topological polar surface area (TPSA) is 25.8 Å². The first kappa shape index (κ1) is 12.4. The molecule has 0 saturated carbocycles. The van der Waals surface area contributed by atoms with Crippen molar-refractivity contribution in [1.29, 1.82) is 0 Å². The smallest absolute Gasteiger partial charge is 0.142 e. The molecule has 2 aromatic rings. The number of aromatic nitrogens is 2. The van der Waals surface area contributed by atoms with E-state index in [1.54, 1.807) is 11.3 Å². The molecule has 1 atom stereocenters. The number of benzene rings is 1. The highest BCUT2D eigenvalue weighted by molar-refractivity contribution is 14.1. The Morgan fingerprint density at radius 1 is 1.44 bits per heavy atom. The monoisotopic (exact) mass is 408 g/mol. The van der Waals surface area contributed by atoms with Gasteiger partial charge in [-0.3, -0.25) is 0 Å². The number of rotatable bonds is 3. The summed E-state index contributed by atoms with van der Waals surface area (Å²) in [5, 5.41) is 10.5. The maximum absolute atomic E-state index is 4.23. The minimum Gasteiger partial charge on any atom is -0.142 e. The van der Waals surface area contributed by atoms with Gasteiger partial charge in [0.05, 0.1) is 4.83 Å². The summed E-state index contributed by atoms with van der Waals surface area (Å²) in [5.74, 6) is 0. The van der Waals surface area contributed by atoms with Gasteiger partial charge in [0.25, 0.3) is 0 Å². The minimum atomic E-state index is 0.321. The molecule has 2 nitrogen and oxygen atoms in total. The van der Waals surface area contributed by atoms with E-state index in [1.165, 1.54) is 3.57 Å². The molecule has 0 N–H and O–H groups in total. The molecule has 0 radical (unpaired) electrons. The van der Waals surface area contributed by atoms with Crippen LogP contribution in [0.5, 0.6) is 0 Å². The Morgan fingerprint density at radius 2 is 2.25 bits per heavy atom. The van der Waals surface area contributed by atoms with Crippen LogP contribution >= 0.6 is 49.9 Å². The molecule has 0 aliphatic carbocycles. The summed E-state index contributed by atoms with van der Waals surface area (Å²) >= 11 is 7.55. The molecule has 1 heterocycles. The van der Waals surface area contributed by atoms with Crippen molar-refractivity contribution in [2.45, 2.75) is 18.2 Å². The Morgan fingerprint density at radius 3 is 2.94 bits per heavy atom. The van der Waals surface area contributed by atoms with E-state index in [9.17, 15) is 0 Å². The summed E-state index contributed by atoms with van der Waals surface area (Å²) in [6.07, 6.45) is 1.03. The summed E-state index contributed by atoms with van der Waals surface area (Å²) in [7, 11) is 0. The molecule has 0 saturated heterocycles. The third kappa shape index (κ3) is 2.81. The zero-order valence-corrected chi connectivity index (χ0v) is 13.2. The van der Waals surface area contributed by atoms with Gasteiger partial charge in [0.2, 0.25) is 0 Å². The third-order valence-corrected chi connectivity index (χ3v) is 5.28. The number of hydrogen-bond donors (Lipinski definition) is 0. The molecule has 16 heavy (non-hydrogen) atoms.